The van der Waals surface area contributed by atoms with E-state index in [1.54, 1.807) is 20.8 Å². The summed E-state index contributed by atoms with van der Waals surface area (Å²) in [5.41, 5.74) is -0.639. The van der Waals surface area contributed by atoms with Crippen LogP contribution in [0.5, 0.6) is 0 Å². The van der Waals surface area contributed by atoms with Crippen molar-refractivity contribution in [3.05, 3.63) is 0 Å². The zero-order valence-electron chi connectivity index (χ0n) is 21.6. The Morgan fingerprint density at radius 1 is 1.06 bits per heavy atom. The van der Waals surface area contributed by atoms with Crippen LogP contribution in [0.15, 0.2) is 0 Å². The van der Waals surface area contributed by atoms with Gasteiger partial charge in [-0.3, -0.25) is 29.7 Å². The topological polar surface area (TPSA) is 137 Å². The van der Waals surface area contributed by atoms with Crippen molar-refractivity contribution in [2.24, 2.45) is 17.8 Å². The van der Waals surface area contributed by atoms with Crippen molar-refractivity contribution in [2.45, 2.75) is 83.8 Å². The standard InChI is InChI=1S/C25H40N4O7/c1-25(2,3)36-24(34)27-12-10-18(14-27)21(31)26-22(32)20-9-6-11-29(20)23(33)19(15-28(35)16-30)13-17-7-4-5-8-17/h16-20,35H,4-15H2,1-3H3,(H,26,31,32)/t18?,19-,20+/m1/s1. The van der Waals surface area contributed by atoms with Gasteiger partial charge in [0.25, 0.3) is 0 Å². The zero-order valence-corrected chi connectivity index (χ0v) is 21.6. The minimum absolute atomic E-state index is 0.120. The van der Waals surface area contributed by atoms with Crippen LogP contribution in [0.25, 0.3) is 0 Å². The molecule has 3 aliphatic rings. The lowest BCUT2D eigenvalue weighted by molar-refractivity contribution is -0.158. The van der Waals surface area contributed by atoms with E-state index in [1.165, 1.54) is 9.80 Å². The number of carbonyl (C=O) groups is 5. The molecule has 1 aliphatic carbocycles. The third kappa shape index (κ3) is 7.41. The fourth-order valence-electron chi connectivity index (χ4n) is 5.48. The van der Waals surface area contributed by atoms with Gasteiger partial charge in [-0.2, -0.15) is 0 Å². The van der Waals surface area contributed by atoms with Gasteiger partial charge in [0.1, 0.15) is 11.6 Å². The van der Waals surface area contributed by atoms with Crippen LogP contribution in [0, 0.1) is 17.8 Å². The number of carbonyl (C=O) groups excluding carboxylic acids is 5. The highest BCUT2D eigenvalue weighted by Crippen LogP contribution is 2.32. The second kappa shape index (κ2) is 12.0. The van der Waals surface area contributed by atoms with Crippen molar-refractivity contribution in [1.82, 2.24) is 20.2 Å². The summed E-state index contributed by atoms with van der Waals surface area (Å²) in [4.78, 5) is 65.5. The molecule has 0 spiro atoms. The summed E-state index contributed by atoms with van der Waals surface area (Å²) in [5.74, 6) is -2.05. The summed E-state index contributed by atoms with van der Waals surface area (Å²) >= 11 is 0. The van der Waals surface area contributed by atoms with Crippen LogP contribution in [0.2, 0.25) is 0 Å². The minimum Gasteiger partial charge on any atom is -0.444 e. The molecule has 3 fully saturated rings. The number of ether oxygens (including phenoxy) is 1. The molecule has 0 bridgehead atoms. The van der Waals surface area contributed by atoms with Gasteiger partial charge in [-0.1, -0.05) is 25.7 Å². The van der Waals surface area contributed by atoms with Crippen LogP contribution < -0.4 is 5.32 Å². The molecule has 1 unspecified atom stereocenters. The molecule has 2 saturated heterocycles. The maximum absolute atomic E-state index is 13.4. The molecule has 0 radical (unpaired) electrons. The largest absolute Gasteiger partial charge is 0.444 e. The van der Waals surface area contributed by atoms with Gasteiger partial charge in [-0.25, -0.2) is 9.86 Å². The normalized spacial score (nSPS) is 23.4. The molecule has 5 amide bonds. The lowest BCUT2D eigenvalue weighted by Gasteiger charge is -2.30. The van der Waals surface area contributed by atoms with Crippen molar-refractivity contribution in [3.63, 3.8) is 0 Å². The Bertz CT molecular complexity index is 837. The Kier molecular flexibility index (Phi) is 9.32. The Morgan fingerprint density at radius 3 is 2.39 bits per heavy atom. The maximum Gasteiger partial charge on any atom is 0.410 e. The Balaban J connectivity index is 1.58. The van der Waals surface area contributed by atoms with E-state index in [0.717, 1.165) is 25.7 Å². The van der Waals surface area contributed by atoms with Gasteiger partial charge < -0.3 is 14.5 Å². The van der Waals surface area contributed by atoms with Crippen LogP contribution in [-0.4, -0.2) is 88.1 Å². The van der Waals surface area contributed by atoms with Crippen LogP contribution in [0.1, 0.15) is 72.1 Å². The van der Waals surface area contributed by atoms with Gasteiger partial charge in [-0.05, 0) is 52.4 Å². The van der Waals surface area contributed by atoms with E-state index in [4.69, 9.17) is 4.74 Å². The number of nitrogens with zero attached hydrogens (tertiary/aromatic N) is 3. The van der Waals surface area contributed by atoms with Gasteiger partial charge in [-0.15, -0.1) is 0 Å². The molecule has 0 aromatic rings. The number of rotatable bonds is 8. The monoisotopic (exact) mass is 508 g/mol. The number of amides is 5. The van der Waals surface area contributed by atoms with E-state index in [9.17, 15) is 29.2 Å². The van der Waals surface area contributed by atoms with Crippen LogP contribution >= 0.6 is 0 Å². The first-order valence-corrected chi connectivity index (χ1v) is 13.0. The first kappa shape index (κ1) is 27.9. The van der Waals surface area contributed by atoms with Crippen LogP contribution in [0.3, 0.4) is 0 Å². The first-order chi connectivity index (χ1) is 17.0. The Hall–Kier alpha value is -2.69. The second-order valence-corrected chi connectivity index (χ2v) is 11.3. The van der Waals surface area contributed by atoms with Crippen molar-refractivity contribution in [3.8, 4) is 0 Å². The molecule has 11 nitrogen and oxygen atoms in total. The van der Waals surface area contributed by atoms with E-state index in [-0.39, 0.29) is 25.4 Å². The number of imide groups is 1. The van der Waals surface area contributed by atoms with Crippen molar-refractivity contribution < 1.29 is 33.9 Å². The number of hydrogen-bond acceptors (Lipinski definition) is 7. The molecule has 1 saturated carbocycles. The maximum atomic E-state index is 13.4. The molecule has 0 aromatic carbocycles. The highest BCUT2D eigenvalue weighted by atomic mass is 16.6. The predicted molar refractivity (Wildman–Crippen MR) is 128 cm³/mol. The molecule has 2 aliphatic heterocycles. The highest BCUT2D eigenvalue weighted by Gasteiger charge is 2.40. The molecular weight excluding hydrogens is 468 g/mol. The third-order valence-corrected chi connectivity index (χ3v) is 7.27. The number of hydroxylamine groups is 2. The Labute approximate surface area is 212 Å². The average Bonchev–Trinajstić information content (AvgIpc) is 3.58. The lowest BCUT2D eigenvalue weighted by atomic mass is 9.91. The highest BCUT2D eigenvalue weighted by molar-refractivity contribution is 6.00. The van der Waals surface area contributed by atoms with E-state index in [1.807, 2.05) is 0 Å². The van der Waals surface area contributed by atoms with E-state index in [2.05, 4.69) is 5.32 Å². The number of nitrogens with one attached hydrogen (secondary N) is 1. The molecule has 3 rings (SSSR count). The summed E-state index contributed by atoms with van der Waals surface area (Å²) < 4.78 is 5.36. The molecule has 2 N–H and O–H groups in total. The number of hydrogen-bond donors (Lipinski definition) is 2. The summed E-state index contributed by atoms with van der Waals surface area (Å²) in [6.07, 6.45) is 6.06. The molecule has 11 heteroatoms. The van der Waals surface area contributed by atoms with Gasteiger partial charge in [0.15, 0.2) is 0 Å². The van der Waals surface area contributed by atoms with Gasteiger partial charge in [0.05, 0.1) is 18.4 Å². The van der Waals surface area contributed by atoms with Gasteiger partial charge >= 0.3 is 6.09 Å². The third-order valence-electron chi connectivity index (χ3n) is 7.27. The van der Waals surface area contributed by atoms with E-state index in [0.29, 0.717) is 49.8 Å². The van der Waals surface area contributed by atoms with E-state index < -0.39 is 41.4 Å². The molecule has 2 heterocycles. The van der Waals surface area contributed by atoms with Gasteiger partial charge in [0.2, 0.25) is 24.1 Å². The molecule has 202 valence electrons. The summed E-state index contributed by atoms with van der Waals surface area (Å²) in [6, 6.07) is -0.778. The minimum atomic E-state index is -0.778. The van der Waals surface area contributed by atoms with E-state index >= 15 is 0 Å². The fraction of sp³-hybridized carbons (Fsp3) is 0.800. The molecular formula is C25H40N4O7. The lowest BCUT2D eigenvalue weighted by Crippen LogP contribution is -2.51. The van der Waals surface area contributed by atoms with Crippen molar-refractivity contribution in [2.75, 3.05) is 26.2 Å². The molecule has 36 heavy (non-hydrogen) atoms. The first-order valence-electron chi connectivity index (χ1n) is 13.0. The van der Waals surface area contributed by atoms with Crippen LogP contribution in [-0.2, 0) is 23.9 Å². The zero-order chi connectivity index (χ0) is 26.5. The summed E-state index contributed by atoms with van der Waals surface area (Å²) in [7, 11) is 0. The van der Waals surface area contributed by atoms with Crippen LogP contribution in [0.4, 0.5) is 4.79 Å². The second-order valence-electron chi connectivity index (χ2n) is 11.3. The van der Waals surface area contributed by atoms with Crippen molar-refractivity contribution >= 4 is 30.2 Å². The predicted octanol–water partition coefficient (Wildman–Crippen LogP) is 1.92. The average molecular weight is 509 g/mol. The summed E-state index contributed by atoms with van der Waals surface area (Å²) in [5, 5.41) is 12.7. The fourth-order valence-corrected chi connectivity index (χ4v) is 5.48. The van der Waals surface area contributed by atoms with Crippen molar-refractivity contribution in [1.29, 1.82) is 0 Å². The SMILES string of the molecule is CC(C)(C)OC(=O)N1CCC(C(=O)NC(=O)[C@@H]2CCCN2C(=O)[C@H](CC2CCCC2)CN(O)C=O)C1. The quantitative estimate of drug-likeness (QED) is 0.221. The van der Waals surface area contributed by atoms with Gasteiger partial charge in [0, 0.05) is 19.6 Å². The number of likely N-dealkylation sites (tertiary alicyclic amines) is 2. The Morgan fingerprint density at radius 2 is 1.75 bits per heavy atom. The molecule has 3 atom stereocenters. The molecule has 0 aromatic heterocycles. The smallest absolute Gasteiger partial charge is 0.410 e. The summed E-state index contributed by atoms with van der Waals surface area (Å²) in [6.45, 7) is 6.12.